The van der Waals surface area contributed by atoms with Crippen LogP contribution in [0.4, 0.5) is 8.78 Å². The van der Waals surface area contributed by atoms with Gasteiger partial charge in [-0.05, 0) is 30.0 Å². The van der Waals surface area contributed by atoms with E-state index in [0.717, 1.165) is 30.0 Å². The second kappa shape index (κ2) is 9.84. The first-order valence-corrected chi connectivity index (χ1v) is 10.6. The molecule has 1 amide bonds. The van der Waals surface area contributed by atoms with Crippen LogP contribution >= 0.6 is 0 Å². The fourth-order valence-electron chi connectivity index (χ4n) is 4.28. The molecule has 3 aromatic carbocycles. The minimum absolute atomic E-state index is 0.0138. The fraction of sp³-hybridized carbons (Fsp3) is 0.269. The number of benzene rings is 3. The number of piperidine rings is 1. The molecule has 1 aliphatic heterocycles. The van der Waals surface area contributed by atoms with Crippen molar-refractivity contribution in [3.05, 3.63) is 107 Å². The van der Waals surface area contributed by atoms with Crippen LogP contribution in [0.3, 0.4) is 0 Å². The number of nitrogens with zero attached hydrogens (tertiary/aromatic N) is 1. The molecule has 1 heterocycles. The lowest BCUT2D eigenvalue weighted by molar-refractivity contribution is -0.127. The average molecular weight is 421 g/mol. The summed E-state index contributed by atoms with van der Waals surface area (Å²) in [5.41, 5.74) is 2.64. The Morgan fingerprint density at radius 3 is 2.35 bits per heavy atom. The van der Waals surface area contributed by atoms with Crippen molar-refractivity contribution in [2.45, 2.75) is 32.0 Å². The van der Waals surface area contributed by atoms with Crippen molar-refractivity contribution in [3.63, 3.8) is 0 Å². The third-order valence-electron chi connectivity index (χ3n) is 5.94. The van der Waals surface area contributed by atoms with Gasteiger partial charge < -0.3 is 5.32 Å². The maximum Gasteiger partial charge on any atom is 0.224 e. The average Bonchev–Trinajstić information content (AvgIpc) is 2.80. The van der Waals surface area contributed by atoms with Gasteiger partial charge in [0.2, 0.25) is 5.91 Å². The molecule has 0 radical (unpaired) electrons. The van der Waals surface area contributed by atoms with Gasteiger partial charge in [-0.3, -0.25) is 9.69 Å². The van der Waals surface area contributed by atoms with E-state index < -0.39 is 11.6 Å². The Kier molecular flexibility index (Phi) is 6.73. The van der Waals surface area contributed by atoms with E-state index in [-0.39, 0.29) is 17.9 Å². The summed E-state index contributed by atoms with van der Waals surface area (Å²) >= 11 is 0. The molecule has 0 aliphatic carbocycles. The van der Waals surface area contributed by atoms with Crippen LogP contribution in [0.2, 0.25) is 0 Å². The molecule has 1 fully saturated rings. The molecule has 1 N–H and O–H groups in total. The molecule has 2 unspecified atom stereocenters. The highest BCUT2D eigenvalue weighted by Crippen LogP contribution is 2.35. The normalized spacial score (nSPS) is 19.2. The van der Waals surface area contributed by atoms with E-state index in [4.69, 9.17) is 0 Å². The second-order valence-electron chi connectivity index (χ2n) is 8.07. The van der Waals surface area contributed by atoms with Gasteiger partial charge in [-0.15, -0.1) is 0 Å². The van der Waals surface area contributed by atoms with E-state index in [1.54, 1.807) is 0 Å². The molecule has 2 atom stereocenters. The van der Waals surface area contributed by atoms with Gasteiger partial charge in [0.1, 0.15) is 11.6 Å². The summed E-state index contributed by atoms with van der Waals surface area (Å²) in [4.78, 5) is 15.0. The Balaban J connectivity index is 1.49. The summed E-state index contributed by atoms with van der Waals surface area (Å²) in [5, 5.41) is 3.04. The summed E-state index contributed by atoms with van der Waals surface area (Å²) in [6.45, 7) is 1.34. The zero-order chi connectivity index (χ0) is 21.6. The predicted molar refractivity (Wildman–Crippen MR) is 117 cm³/mol. The largest absolute Gasteiger partial charge is 0.352 e. The number of nitrogens with one attached hydrogen (secondary N) is 1. The number of carbonyl (C=O) groups is 1. The van der Waals surface area contributed by atoms with Crippen LogP contribution in [0, 0.1) is 17.6 Å². The minimum atomic E-state index is -0.585. The first-order chi connectivity index (χ1) is 15.1. The molecule has 5 heteroatoms. The monoisotopic (exact) mass is 420 g/mol. The number of hydrogen-bond acceptors (Lipinski definition) is 2. The highest BCUT2D eigenvalue weighted by Gasteiger charge is 2.33. The highest BCUT2D eigenvalue weighted by molar-refractivity contribution is 5.79. The van der Waals surface area contributed by atoms with Gasteiger partial charge in [-0.25, -0.2) is 8.78 Å². The molecular weight excluding hydrogens is 394 g/mol. The van der Waals surface area contributed by atoms with Crippen LogP contribution in [0.5, 0.6) is 0 Å². The van der Waals surface area contributed by atoms with Gasteiger partial charge in [0.15, 0.2) is 0 Å². The molecule has 3 aromatic rings. The summed E-state index contributed by atoms with van der Waals surface area (Å²) < 4.78 is 27.7. The van der Waals surface area contributed by atoms with Crippen molar-refractivity contribution >= 4 is 5.91 Å². The predicted octanol–water partition coefficient (Wildman–Crippen LogP) is 5.23. The number of hydrogen-bond donors (Lipinski definition) is 1. The molecule has 4 rings (SSSR count). The molecule has 0 bridgehead atoms. The first-order valence-electron chi connectivity index (χ1n) is 10.6. The lowest BCUT2D eigenvalue weighted by Gasteiger charge is -2.39. The van der Waals surface area contributed by atoms with E-state index >= 15 is 0 Å². The minimum Gasteiger partial charge on any atom is -0.352 e. The van der Waals surface area contributed by atoms with Crippen molar-refractivity contribution in [2.24, 2.45) is 5.92 Å². The number of rotatable bonds is 6. The smallest absolute Gasteiger partial charge is 0.224 e. The Morgan fingerprint density at radius 2 is 1.65 bits per heavy atom. The molecule has 0 spiro atoms. The third-order valence-corrected chi connectivity index (χ3v) is 5.94. The maximum absolute atomic E-state index is 14.4. The van der Waals surface area contributed by atoms with Gasteiger partial charge >= 0.3 is 0 Å². The highest BCUT2D eigenvalue weighted by atomic mass is 19.1. The molecule has 1 saturated heterocycles. The quantitative estimate of drug-likeness (QED) is 0.592. The van der Waals surface area contributed by atoms with E-state index in [0.29, 0.717) is 25.2 Å². The van der Waals surface area contributed by atoms with E-state index in [1.807, 2.05) is 48.5 Å². The second-order valence-corrected chi connectivity index (χ2v) is 8.07. The zero-order valence-electron chi connectivity index (χ0n) is 17.3. The van der Waals surface area contributed by atoms with Gasteiger partial charge in [0.25, 0.3) is 0 Å². The van der Waals surface area contributed by atoms with Crippen LogP contribution in [0.1, 0.15) is 35.6 Å². The lowest BCUT2D eigenvalue weighted by atomic mass is 9.88. The Labute approximate surface area is 181 Å². The SMILES string of the molecule is O=C(NCc1ccccc1)C1CCC(c2ccccc2)N(Cc2ccc(F)cc2F)C1. The molecular formula is C26H26F2N2O. The van der Waals surface area contributed by atoms with Crippen LogP contribution in [-0.4, -0.2) is 17.4 Å². The fourth-order valence-corrected chi connectivity index (χ4v) is 4.28. The number of halogens is 2. The molecule has 3 nitrogen and oxygen atoms in total. The van der Waals surface area contributed by atoms with Gasteiger partial charge in [0.05, 0.1) is 5.92 Å². The lowest BCUT2D eigenvalue weighted by Crippen LogP contribution is -2.44. The van der Waals surface area contributed by atoms with E-state index in [9.17, 15) is 13.6 Å². The van der Waals surface area contributed by atoms with Crippen molar-refractivity contribution in [1.82, 2.24) is 10.2 Å². The van der Waals surface area contributed by atoms with Crippen molar-refractivity contribution < 1.29 is 13.6 Å². The molecule has 1 aliphatic rings. The Bertz CT molecular complexity index is 1010. The molecule has 160 valence electrons. The Morgan fingerprint density at radius 1 is 0.935 bits per heavy atom. The summed E-state index contributed by atoms with van der Waals surface area (Å²) in [7, 11) is 0. The summed E-state index contributed by atoms with van der Waals surface area (Å²) in [5.74, 6) is -1.30. The van der Waals surface area contributed by atoms with Crippen molar-refractivity contribution in [2.75, 3.05) is 6.54 Å². The Hall–Kier alpha value is -3.05. The molecule has 0 aromatic heterocycles. The third kappa shape index (κ3) is 5.36. The van der Waals surface area contributed by atoms with Gasteiger partial charge in [-0.1, -0.05) is 66.7 Å². The maximum atomic E-state index is 14.4. The van der Waals surface area contributed by atoms with Crippen LogP contribution in [0.25, 0.3) is 0 Å². The molecule has 31 heavy (non-hydrogen) atoms. The van der Waals surface area contributed by atoms with Crippen LogP contribution < -0.4 is 5.32 Å². The van der Waals surface area contributed by atoms with Crippen molar-refractivity contribution in [1.29, 1.82) is 0 Å². The first kappa shape index (κ1) is 21.2. The van der Waals surface area contributed by atoms with Gasteiger partial charge in [-0.2, -0.15) is 0 Å². The topological polar surface area (TPSA) is 32.3 Å². The van der Waals surface area contributed by atoms with Crippen molar-refractivity contribution in [3.8, 4) is 0 Å². The van der Waals surface area contributed by atoms with E-state index in [1.165, 1.54) is 12.1 Å². The van der Waals surface area contributed by atoms with E-state index in [2.05, 4.69) is 22.3 Å². The number of likely N-dealkylation sites (tertiary alicyclic amines) is 1. The summed E-state index contributed by atoms with van der Waals surface area (Å²) in [6, 6.07) is 23.7. The van der Waals surface area contributed by atoms with Crippen LogP contribution in [-0.2, 0) is 17.9 Å². The number of amides is 1. The zero-order valence-corrected chi connectivity index (χ0v) is 17.3. The summed E-state index contributed by atoms with van der Waals surface area (Å²) in [6.07, 6.45) is 1.57. The standard InChI is InChI=1S/C26H26F2N2O/c27-23-13-11-21(24(28)15-23)17-30-18-22(12-14-25(30)20-9-5-2-6-10-20)26(31)29-16-19-7-3-1-4-8-19/h1-11,13,15,22,25H,12,14,16-18H2,(H,29,31). The van der Waals surface area contributed by atoms with Gasteiger partial charge in [0, 0.05) is 37.3 Å². The number of carbonyl (C=O) groups excluding carboxylic acids is 1. The molecule has 0 saturated carbocycles. The van der Waals surface area contributed by atoms with Crippen LogP contribution in [0.15, 0.2) is 78.9 Å².